The fraction of sp³-hybridized carbons (Fsp3) is 0.949. The molecular weight excluding hydrogens is 546 g/mol. The fourth-order valence-electron chi connectivity index (χ4n) is 6.67. The van der Waals surface area contributed by atoms with Crippen molar-refractivity contribution in [1.29, 1.82) is 0 Å². The maximum Gasteiger partial charge on any atom is 0.328 e. The minimum atomic E-state index is -0.626. The van der Waals surface area contributed by atoms with Gasteiger partial charge in [0.2, 0.25) is 5.91 Å². The molecule has 0 aromatic heterocycles. The Hall–Kier alpha value is -1.10. The highest BCUT2D eigenvalue weighted by Gasteiger charge is 2.39. The van der Waals surface area contributed by atoms with Crippen molar-refractivity contribution < 1.29 is 19.4 Å². The predicted molar refractivity (Wildman–Crippen MR) is 187 cm³/mol. The summed E-state index contributed by atoms with van der Waals surface area (Å²) in [6, 6.07) is -0.611. The Morgan fingerprint density at radius 3 is 1.27 bits per heavy atom. The maximum atomic E-state index is 12.9. The van der Waals surface area contributed by atoms with Crippen LogP contribution in [0.1, 0.15) is 213 Å². The SMILES string of the molecule is CCCCCCCCCCCCCCCCCC(=O)N1C[C@H](O)C[C@H]1C(=O)OCCCCCCCCCCCCCCCC. The molecule has 44 heavy (non-hydrogen) atoms. The van der Waals surface area contributed by atoms with E-state index in [9.17, 15) is 14.7 Å². The second-order valence-corrected chi connectivity index (χ2v) is 13.9. The van der Waals surface area contributed by atoms with E-state index < -0.39 is 12.1 Å². The number of aliphatic hydroxyl groups is 1. The lowest BCUT2D eigenvalue weighted by Gasteiger charge is -2.23. The van der Waals surface area contributed by atoms with E-state index >= 15 is 0 Å². The lowest BCUT2D eigenvalue weighted by Crippen LogP contribution is -2.41. The summed E-state index contributed by atoms with van der Waals surface area (Å²) in [5, 5.41) is 10.2. The number of carbonyl (C=O) groups is 2. The van der Waals surface area contributed by atoms with Crippen molar-refractivity contribution in [2.24, 2.45) is 0 Å². The molecule has 1 aliphatic rings. The van der Waals surface area contributed by atoms with Gasteiger partial charge in [0, 0.05) is 19.4 Å². The Morgan fingerprint density at radius 1 is 0.545 bits per heavy atom. The lowest BCUT2D eigenvalue weighted by molar-refractivity contribution is -0.153. The van der Waals surface area contributed by atoms with Gasteiger partial charge >= 0.3 is 5.97 Å². The average molecular weight is 622 g/mol. The predicted octanol–water partition coefficient (Wildman–Crippen LogP) is 11.2. The topological polar surface area (TPSA) is 66.8 Å². The molecule has 5 heteroatoms. The molecule has 1 rings (SSSR count). The van der Waals surface area contributed by atoms with E-state index in [1.54, 1.807) is 4.90 Å². The highest BCUT2D eigenvalue weighted by atomic mass is 16.5. The quantitative estimate of drug-likeness (QED) is 0.0599. The van der Waals surface area contributed by atoms with Gasteiger partial charge in [-0.3, -0.25) is 4.79 Å². The molecule has 1 aliphatic heterocycles. The van der Waals surface area contributed by atoms with Crippen LogP contribution >= 0.6 is 0 Å². The number of amides is 1. The second-order valence-electron chi connectivity index (χ2n) is 13.9. The molecule has 1 amide bonds. The third-order valence-electron chi connectivity index (χ3n) is 9.61. The molecule has 0 aliphatic carbocycles. The van der Waals surface area contributed by atoms with Crippen LogP contribution < -0.4 is 0 Å². The number of hydrogen-bond donors (Lipinski definition) is 1. The Bertz CT molecular complexity index is 600. The Labute approximate surface area is 274 Å². The first-order valence-corrected chi connectivity index (χ1v) is 19.7. The number of ether oxygens (including phenoxy) is 1. The van der Waals surface area contributed by atoms with Crippen molar-refractivity contribution in [2.45, 2.75) is 225 Å². The summed E-state index contributed by atoms with van der Waals surface area (Å²) in [6.07, 6.45) is 37.8. The van der Waals surface area contributed by atoms with E-state index in [0.717, 1.165) is 25.7 Å². The third-order valence-corrected chi connectivity index (χ3v) is 9.61. The molecule has 0 bridgehead atoms. The van der Waals surface area contributed by atoms with Crippen molar-refractivity contribution in [2.75, 3.05) is 13.2 Å². The van der Waals surface area contributed by atoms with E-state index in [2.05, 4.69) is 13.8 Å². The van der Waals surface area contributed by atoms with Crippen LogP contribution in [-0.4, -0.2) is 47.2 Å². The largest absolute Gasteiger partial charge is 0.464 e. The molecule has 0 aromatic rings. The molecule has 1 saturated heterocycles. The molecular formula is C39H75NO4. The number of hydrogen-bond acceptors (Lipinski definition) is 4. The summed E-state index contributed by atoms with van der Waals surface area (Å²) < 4.78 is 5.55. The zero-order valence-corrected chi connectivity index (χ0v) is 29.6. The standard InChI is InChI=1S/C39H75NO4/c1-3-5-7-9-11-13-15-17-19-20-22-24-26-28-30-32-38(42)40-35-36(41)34-37(40)39(43)44-33-31-29-27-25-23-21-18-16-14-12-10-8-6-4-2/h36-37,41H,3-35H2,1-2H3/t36-,37+/m1/s1. The van der Waals surface area contributed by atoms with E-state index in [4.69, 9.17) is 4.74 Å². The van der Waals surface area contributed by atoms with Crippen LogP contribution in [0, 0.1) is 0 Å². The molecule has 260 valence electrons. The van der Waals surface area contributed by atoms with Crippen LogP contribution in [0.3, 0.4) is 0 Å². The first-order valence-electron chi connectivity index (χ1n) is 19.7. The highest BCUT2D eigenvalue weighted by Crippen LogP contribution is 2.22. The molecule has 2 atom stereocenters. The van der Waals surface area contributed by atoms with Crippen LogP contribution in [0.5, 0.6) is 0 Å². The smallest absolute Gasteiger partial charge is 0.328 e. The van der Waals surface area contributed by atoms with Gasteiger partial charge in [0.05, 0.1) is 12.7 Å². The van der Waals surface area contributed by atoms with Crippen molar-refractivity contribution in [3.63, 3.8) is 0 Å². The molecule has 0 aromatic carbocycles. The number of carbonyl (C=O) groups excluding carboxylic acids is 2. The number of rotatable bonds is 32. The molecule has 0 radical (unpaired) electrons. The van der Waals surface area contributed by atoms with Gasteiger partial charge in [-0.25, -0.2) is 4.79 Å². The van der Waals surface area contributed by atoms with E-state index in [0.29, 0.717) is 19.4 Å². The van der Waals surface area contributed by atoms with Gasteiger partial charge in [-0.2, -0.15) is 0 Å². The first-order chi connectivity index (χ1) is 21.6. The van der Waals surface area contributed by atoms with Crippen LogP contribution in [-0.2, 0) is 14.3 Å². The van der Waals surface area contributed by atoms with Crippen molar-refractivity contribution in [3.05, 3.63) is 0 Å². The third kappa shape index (κ3) is 23.3. The molecule has 1 heterocycles. The van der Waals surface area contributed by atoms with Gasteiger partial charge < -0.3 is 14.7 Å². The number of likely N-dealkylation sites (tertiary alicyclic amines) is 1. The maximum absolute atomic E-state index is 12.9. The van der Waals surface area contributed by atoms with Gasteiger partial charge in [-0.15, -0.1) is 0 Å². The molecule has 0 saturated carbocycles. The van der Waals surface area contributed by atoms with E-state index in [1.807, 2.05) is 0 Å². The Kier molecular flexibility index (Phi) is 28.4. The summed E-state index contributed by atoms with van der Waals surface area (Å²) in [6.45, 7) is 5.23. The summed E-state index contributed by atoms with van der Waals surface area (Å²) in [5.74, 6) is -0.337. The van der Waals surface area contributed by atoms with Crippen LogP contribution in [0.4, 0.5) is 0 Å². The Morgan fingerprint density at radius 2 is 0.886 bits per heavy atom. The molecule has 1 N–H and O–H groups in total. The summed E-state index contributed by atoms with van der Waals surface area (Å²) >= 11 is 0. The van der Waals surface area contributed by atoms with Gasteiger partial charge in [0.1, 0.15) is 6.04 Å². The first kappa shape index (κ1) is 40.9. The number of unbranched alkanes of at least 4 members (excludes halogenated alkanes) is 27. The normalized spacial score (nSPS) is 16.6. The molecule has 0 spiro atoms. The van der Waals surface area contributed by atoms with Crippen molar-refractivity contribution in [1.82, 2.24) is 4.90 Å². The molecule has 5 nitrogen and oxygen atoms in total. The van der Waals surface area contributed by atoms with E-state index in [-0.39, 0.29) is 18.4 Å². The molecule has 1 fully saturated rings. The second kappa shape index (κ2) is 30.5. The van der Waals surface area contributed by atoms with Gasteiger partial charge in [0.15, 0.2) is 0 Å². The van der Waals surface area contributed by atoms with Crippen molar-refractivity contribution >= 4 is 11.9 Å². The fourth-order valence-corrected chi connectivity index (χ4v) is 6.67. The van der Waals surface area contributed by atoms with Crippen LogP contribution in [0.2, 0.25) is 0 Å². The zero-order chi connectivity index (χ0) is 31.9. The average Bonchev–Trinajstić information content (AvgIpc) is 3.42. The van der Waals surface area contributed by atoms with E-state index in [1.165, 1.54) is 161 Å². The summed E-state index contributed by atoms with van der Waals surface area (Å²) in [7, 11) is 0. The zero-order valence-electron chi connectivity index (χ0n) is 29.6. The van der Waals surface area contributed by atoms with Crippen molar-refractivity contribution in [3.8, 4) is 0 Å². The number of aliphatic hydroxyl groups excluding tert-OH is 1. The lowest BCUT2D eigenvalue weighted by atomic mass is 10.0. The monoisotopic (exact) mass is 622 g/mol. The molecule has 0 unspecified atom stereocenters. The van der Waals surface area contributed by atoms with Crippen LogP contribution in [0.15, 0.2) is 0 Å². The minimum Gasteiger partial charge on any atom is -0.464 e. The number of β-amino-alcohol motifs (C(OH)–C–C–N with tert-alkyl or cyclic N) is 1. The summed E-state index contributed by atoms with van der Waals surface area (Å²) in [5.41, 5.74) is 0. The number of esters is 1. The van der Waals surface area contributed by atoms with Crippen LogP contribution in [0.25, 0.3) is 0 Å². The number of nitrogens with zero attached hydrogens (tertiary/aromatic N) is 1. The van der Waals surface area contributed by atoms with Gasteiger partial charge in [-0.05, 0) is 12.8 Å². The highest BCUT2D eigenvalue weighted by molar-refractivity contribution is 5.85. The van der Waals surface area contributed by atoms with Gasteiger partial charge in [-0.1, -0.05) is 187 Å². The Balaban J connectivity index is 1.98. The summed E-state index contributed by atoms with van der Waals surface area (Å²) in [4.78, 5) is 27.2. The minimum absolute atomic E-state index is 0.00492. The van der Waals surface area contributed by atoms with Gasteiger partial charge in [0.25, 0.3) is 0 Å².